The summed E-state index contributed by atoms with van der Waals surface area (Å²) >= 11 is 0.756. The van der Waals surface area contributed by atoms with Gasteiger partial charge in [0.25, 0.3) is 0 Å². The summed E-state index contributed by atoms with van der Waals surface area (Å²) in [7, 11) is 0. The molecule has 6 nitrogen and oxygen atoms in total. The van der Waals surface area contributed by atoms with E-state index < -0.39 is 11.9 Å². The van der Waals surface area contributed by atoms with Crippen LogP contribution in [-0.4, -0.2) is 33.2 Å². The van der Waals surface area contributed by atoms with E-state index in [0.717, 1.165) is 62.0 Å². The first-order valence-electron chi connectivity index (χ1n) is 10.5. The molecule has 0 saturated carbocycles. The smallest absolute Gasteiger partial charge is 0.303 e. The van der Waals surface area contributed by atoms with Crippen molar-refractivity contribution in [2.45, 2.75) is 88.4 Å². The Balaban J connectivity index is 2.75. The van der Waals surface area contributed by atoms with Gasteiger partial charge in [0, 0.05) is 41.4 Å². The molecule has 7 heteroatoms. The number of aliphatic carboxylic acids is 2. The van der Waals surface area contributed by atoms with Gasteiger partial charge in [0.2, 0.25) is 0 Å². The first-order chi connectivity index (χ1) is 13.8. The summed E-state index contributed by atoms with van der Waals surface area (Å²) in [5, 5.41) is 19.7. The summed E-state index contributed by atoms with van der Waals surface area (Å²) in [5.41, 5.74) is 2.36. The fraction of sp³-hybridized carbons (Fsp3) is 0.636. The zero-order chi connectivity index (χ0) is 21.7. The van der Waals surface area contributed by atoms with Crippen LogP contribution in [0.25, 0.3) is 0 Å². The van der Waals surface area contributed by atoms with Crippen LogP contribution in [0.1, 0.15) is 83.6 Å². The number of hydrogen-bond acceptors (Lipinski definition) is 4. The van der Waals surface area contributed by atoms with Crippen LogP contribution in [-0.2, 0) is 15.0 Å². The Morgan fingerprint density at radius 2 is 1.62 bits per heavy atom. The Morgan fingerprint density at radius 3 is 2.17 bits per heavy atom. The molecule has 1 aromatic rings. The maximum absolute atomic E-state index is 10.7. The Hall–Kier alpha value is -1.57. The van der Waals surface area contributed by atoms with E-state index in [-0.39, 0.29) is 18.3 Å². The summed E-state index contributed by atoms with van der Waals surface area (Å²) in [4.78, 5) is 22.1. The highest BCUT2D eigenvalue weighted by Crippen LogP contribution is 2.38. The van der Waals surface area contributed by atoms with Crippen LogP contribution in [0.2, 0.25) is 0 Å². The summed E-state index contributed by atoms with van der Waals surface area (Å²) < 4.78 is 9.51. The lowest BCUT2D eigenvalue weighted by atomic mass is 9.75. The second-order valence-electron chi connectivity index (χ2n) is 7.91. The number of benzene rings is 1. The summed E-state index contributed by atoms with van der Waals surface area (Å²) in [6.07, 6.45) is 7.54. The molecule has 0 aliphatic carbocycles. The van der Waals surface area contributed by atoms with Crippen molar-refractivity contribution in [3.05, 3.63) is 23.8 Å². The fourth-order valence-corrected chi connectivity index (χ4v) is 3.92. The average Bonchev–Trinajstić information content (AvgIpc) is 2.69. The maximum atomic E-state index is 10.7. The third-order valence-electron chi connectivity index (χ3n) is 5.64. The molecule has 0 saturated heterocycles. The number of unbranched alkanes of at least 4 members (excludes halogenated alkanes) is 4. The van der Waals surface area contributed by atoms with Crippen LogP contribution in [0.5, 0.6) is 0 Å². The molecular formula is C22H36NO5S+. The lowest BCUT2D eigenvalue weighted by Gasteiger charge is -2.30. The Morgan fingerprint density at radius 1 is 1.00 bits per heavy atom. The Labute approximate surface area is 178 Å². The van der Waals surface area contributed by atoms with Crippen molar-refractivity contribution in [1.29, 1.82) is 0 Å². The fourth-order valence-electron chi connectivity index (χ4n) is 3.62. The molecule has 1 rings (SSSR count). The molecule has 5 N–H and O–H groups in total. The Kier molecular flexibility index (Phi) is 12.0. The minimum absolute atomic E-state index is 0.0376. The van der Waals surface area contributed by atoms with Gasteiger partial charge in [-0.25, -0.2) is 0 Å². The first kappa shape index (κ1) is 25.5. The van der Waals surface area contributed by atoms with Crippen LogP contribution in [0.4, 0.5) is 5.69 Å². The molecule has 0 amide bonds. The molecule has 29 heavy (non-hydrogen) atoms. The van der Waals surface area contributed by atoms with Crippen molar-refractivity contribution >= 4 is 29.7 Å². The van der Waals surface area contributed by atoms with E-state index in [4.69, 9.17) is 10.2 Å². The van der Waals surface area contributed by atoms with Gasteiger partial charge in [0.15, 0.2) is 0 Å². The van der Waals surface area contributed by atoms with Gasteiger partial charge in [0.1, 0.15) is 5.69 Å². The van der Waals surface area contributed by atoms with Crippen LogP contribution in [0, 0.1) is 0 Å². The third kappa shape index (κ3) is 9.65. The molecule has 164 valence electrons. The van der Waals surface area contributed by atoms with E-state index in [0.29, 0.717) is 12.8 Å². The minimum Gasteiger partial charge on any atom is -0.481 e. The Bertz CT molecular complexity index is 652. The molecule has 0 aliphatic rings. The van der Waals surface area contributed by atoms with Crippen LogP contribution < -0.4 is 5.32 Å². The predicted molar refractivity (Wildman–Crippen MR) is 116 cm³/mol. The van der Waals surface area contributed by atoms with Gasteiger partial charge in [-0.15, -0.1) is 0 Å². The lowest BCUT2D eigenvalue weighted by molar-refractivity contribution is -0.572. The highest BCUT2D eigenvalue weighted by atomic mass is 32.2. The summed E-state index contributed by atoms with van der Waals surface area (Å²) in [6, 6.07) is 6.05. The van der Waals surface area contributed by atoms with Crippen molar-refractivity contribution in [1.82, 2.24) is 0 Å². The van der Waals surface area contributed by atoms with Crippen LogP contribution in [0.15, 0.2) is 23.1 Å². The number of nitrogens with two attached hydrogens (primary N) is 1. The average molecular weight is 427 g/mol. The van der Waals surface area contributed by atoms with Crippen molar-refractivity contribution < 1.29 is 29.7 Å². The molecule has 0 aromatic heterocycles. The highest BCUT2D eigenvalue weighted by molar-refractivity contribution is 7.93. The van der Waals surface area contributed by atoms with Crippen molar-refractivity contribution in [3.8, 4) is 0 Å². The molecule has 0 radical (unpaired) electrons. The predicted octanol–water partition coefficient (Wildman–Crippen LogP) is 4.79. The van der Waals surface area contributed by atoms with Gasteiger partial charge in [-0.1, -0.05) is 26.7 Å². The number of carbonyl (C=O) groups is 2. The van der Waals surface area contributed by atoms with Gasteiger partial charge in [-0.3, -0.25) is 9.59 Å². The van der Waals surface area contributed by atoms with Crippen molar-refractivity contribution in [2.24, 2.45) is 0 Å². The van der Waals surface area contributed by atoms with Gasteiger partial charge >= 0.3 is 11.9 Å². The topological polar surface area (TPSA) is 111 Å². The van der Waals surface area contributed by atoms with E-state index in [1.54, 1.807) is 0 Å². The van der Waals surface area contributed by atoms with E-state index in [2.05, 4.69) is 31.3 Å². The quantitative estimate of drug-likeness (QED) is 0.172. The second kappa shape index (κ2) is 13.6. The second-order valence-corrected chi connectivity index (χ2v) is 8.56. The van der Waals surface area contributed by atoms with E-state index >= 15 is 0 Å². The molecule has 1 atom stereocenters. The maximum Gasteiger partial charge on any atom is 0.303 e. The number of carboxylic acid groups (broad SMARTS) is 2. The monoisotopic (exact) mass is 426 g/mol. The molecule has 0 bridgehead atoms. The molecule has 0 aliphatic heterocycles. The van der Waals surface area contributed by atoms with Gasteiger partial charge in [-0.2, -0.15) is 0 Å². The third-order valence-corrected chi connectivity index (χ3v) is 6.10. The molecule has 0 spiro atoms. The summed E-state index contributed by atoms with van der Waals surface area (Å²) in [5.74, 6) is -1.48. The van der Waals surface area contributed by atoms with Gasteiger partial charge in [-0.05, 0) is 56.1 Å². The largest absolute Gasteiger partial charge is 0.481 e. The van der Waals surface area contributed by atoms with Crippen LogP contribution in [0.3, 0.4) is 0 Å². The molecule has 0 fully saturated rings. The normalized spacial score (nSPS) is 13.2. The molecule has 0 heterocycles. The standard InChI is InChI=1S/C22H35NO5S/c1-3-22(2,14-8-4-6-10-20(24)25)18-16-17(29-28)12-13-19(18)23-15-9-5-7-11-21(26)27/h12-13,16,23,28H,3-11,14-15H2,1-2H3,(H,24,25)(H,26,27)/p+1. The molecular weight excluding hydrogens is 390 g/mol. The van der Waals surface area contributed by atoms with Crippen molar-refractivity contribution in [3.63, 3.8) is 0 Å². The van der Waals surface area contributed by atoms with E-state index in [9.17, 15) is 14.1 Å². The van der Waals surface area contributed by atoms with E-state index in [1.165, 1.54) is 11.3 Å². The zero-order valence-corrected chi connectivity index (χ0v) is 18.5. The first-order valence-corrected chi connectivity index (χ1v) is 11.3. The number of rotatable bonds is 16. The molecule has 1 aromatic carbocycles. The minimum atomic E-state index is -0.740. The lowest BCUT2D eigenvalue weighted by Crippen LogP contribution is -2.78. The van der Waals surface area contributed by atoms with E-state index in [1.807, 2.05) is 6.07 Å². The van der Waals surface area contributed by atoms with Gasteiger partial charge < -0.3 is 20.1 Å². The number of quaternary nitrogens is 1. The number of carboxylic acids is 2. The number of hydrogen-bond donors (Lipinski definition) is 4. The van der Waals surface area contributed by atoms with Crippen LogP contribution >= 0.6 is 12.0 Å². The molecule has 1 unspecified atom stereocenters. The zero-order valence-electron chi connectivity index (χ0n) is 17.7. The van der Waals surface area contributed by atoms with Gasteiger partial charge in [0.05, 0.1) is 6.54 Å². The highest BCUT2D eigenvalue weighted by Gasteiger charge is 2.29. The van der Waals surface area contributed by atoms with Crippen molar-refractivity contribution in [2.75, 3.05) is 6.54 Å². The summed E-state index contributed by atoms with van der Waals surface area (Å²) in [6.45, 7) is 5.32. The SMILES string of the molecule is CCC(C)(CCCCCC(=O)O)c1cc(SO)ccc1[NH2+]CCCCCC(=O)O.